The van der Waals surface area contributed by atoms with E-state index in [2.05, 4.69) is 27.7 Å². The second-order valence-corrected chi connectivity index (χ2v) is 16.5. The van der Waals surface area contributed by atoms with E-state index in [1.54, 1.807) is 0 Å². The van der Waals surface area contributed by atoms with Gasteiger partial charge in [0.1, 0.15) is 6.10 Å². The van der Waals surface area contributed by atoms with Crippen LogP contribution in [0.25, 0.3) is 0 Å². The van der Waals surface area contributed by atoms with Crippen molar-refractivity contribution in [3.05, 3.63) is 0 Å². The molecule has 6 aliphatic carbocycles. The Morgan fingerprint density at radius 3 is 2.24 bits per heavy atom. The molecule has 6 aliphatic rings. The number of carbonyl (C=O) groups excluding carboxylic acids is 1. The monoisotopic (exact) mass is 530 g/mol. The highest BCUT2D eigenvalue weighted by atomic mass is 32.1. The van der Waals surface area contributed by atoms with Crippen molar-refractivity contribution >= 4 is 24.6 Å². The van der Waals surface area contributed by atoms with E-state index in [1.807, 2.05) is 6.92 Å². The number of hydrogen-bond acceptors (Lipinski definition) is 4. The van der Waals surface area contributed by atoms with Gasteiger partial charge in [0, 0.05) is 0 Å². The second kappa shape index (κ2) is 8.64. The molecule has 0 amide bonds. The van der Waals surface area contributed by atoms with Crippen LogP contribution >= 0.6 is 12.6 Å². The van der Waals surface area contributed by atoms with E-state index >= 15 is 0 Å². The molecule has 0 aromatic rings. The van der Waals surface area contributed by atoms with Gasteiger partial charge in [0.05, 0.1) is 16.6 Å². The van der Waals surface area contributed by atoms with Gasteiger partial charge in [-0.2, -0.15) is 12.6 Å². The lowest BCUT2D eigenvalue weighted by atomic mass is 9.37. The molecule has 0 aromatic heterocycles. The lowest BCUT2D eigenvalue weighted by Gasteiger charge is -2.69. The number of thiol groups is 1. The summed E-state index contributed by atoms with van der Waals surface area (Å²) < 4.78 is 5.85. The molecule has 0 spiro atoms. The van der Waals surface area contributed by atoms with E-state index in [4.69, 9.17) is 17.4 Å². The maximum Gasteiger partial charge on any atom is 0.309 e. The van der Waals surface area contributed by atoms with Gasteiger partial charge in [-0.15, -0.1) is 0 Å². The molecule has 6 rings (SSSR count). The van der Waals surface area contributed by atoms with Crippen molar-refractivity contribution in [2.75, 3.05) is 0 Å². The fourth-order valence-electron chi connectivity index (χ4n) is 12.0. The van der Waals surface area contributed by atoms with Crippen LogP contribution in [-0.2, 0) is 14.3 Å². The van der Waals surface area contributed by atoms with Crippen LogP contribution in [-0.4, -0.2) is 27.9 Å². The molecule has 0 bridgehead atoms. The molecule has 6 saturated carbocycles. The first-order valence-electron chi connectivity index (χ1n) is 15.5. The smallest absolute Gasteiger partial charge is 0.309 e. The topological polar surface area (TPSA) is 63.6 Å². The zero-order chi connectivity index (χ0) is 26.5. The number of fused-ring (bicyclic) bond motifs is 7. The van der Waals surface area contributed by atoms with Crippen LogP contribution in [0.1, 0.15) is 112 Å². The molecule has 13 unspecified atom stereocenters. The van der Waals surface area contributed by atoms with Crippen molar-refractivity contribution in [1.29, 1.82) is 0 Å². The first kappa shape index (κ1) is 26.5. The van der Waals surface area contributed by atoms with Gasteiger partial charge < -0.3 is 9.84 Å². The Kier molecular flexibility index (Phi) is 6.19. The highest BCUT2D eigenvalue weighted by Gasteiger charge is 2.66. The lowest BCUT2D eigenvalue weighted by molar-refractivity contribution is -0.199. The summed E-state index contributed by atoms with van der Waals surface area (Å²) in [6.07, 6.45) is 14.7. The maximum absolute atomic E-state index is 13.1. The lowest BCUT2D eigenvalue weighted by Crippen LogP contribution is -2.65. The molecule has 0 aromatic carbocycles. The van der Waals surface area contributed by atoms with Crippen molar-refractivity contribution < 1.29 is 19.4 Å². The van der Waals surface area contributed by atoms with Gasteiger partial charge in [-0.25, -0.2) is 0 Å². The summed E-state index contributed by atoms with van der Waals surface area (Å²) >= 11 is 5.32. The Morgan fingerprint density at radius 1 is 0.811 bits per heavy atom. The molecule has 5 heteroatoms. The fraction of sp³-hybridized carbons (Fsp3) is 0.938. The Bertz CT molecular complexity index is 962. The van der Waals surface area contributed by atoms with Crippen molar-refractivity contribution in [2.45, 2.75) is 123 Å². The molecule has 0 radical (unpaired) electrons. The van der Waals surface area contributed by atoms with Crippen LogP contribution in [0.15, 0.2) is 0 Å². The number of carbonyl (C=O) groups is 2. The van der Waals surface area contributed by atoms with Crippen LogP contribution in [0, 0.1) is 63.6 Å². The Labute approximate surface area is 229 Å². The number of aliphatic carboxylic acids is 1. The average molecular weight is 531 g/mol. The summed E-state index contributed by atoms with van der Waals surface area (Å²) in [5, 5.41) is 9.35. The summed E-state index contributed by atoms with van der Waals surface area (Å²) in [7, 11) is 0. The molecule has 0 aliphatic heterocycles. The molecule has 37 heavy (non-hydrogen) atoms. The molecule has 4 nitrogen and oxygen atoms in total. The van der Waals surface area contributed by atoms with Crippen molar-refractivity contribution in [3.8, 4) is 0 Å². The summed E-state index contributed by atoms with van der Waals surface area (Å²) in [6, 6.07) is 0. The van der Waals surface area contributed by atoms with Gasteiger partial charge in [-0.1, -0.05) is 34.1 Å². The molecular weight excluding hydrogens is 480 g/mol. The zero-order valence-electron chi connectivity index (χ0n) is 23.8. The van der Waals surface area contributed by atoms with Gasteiger partial charge in [0.25, 0.3) is 0 Å². The highest BCUT2D eigenvalue weighted by Crippen LogP contribution is 2.72. The number of hydrogen-bond donors (Lipinski definition) is 2. The van der Waals surface area contributed by atoms with Crippen molar-refractivity contribution in [3.63, 3.8) is 0 Å². The summed E-state index contributed by atoms with van der Waals surface area (Å²) in [5.74, 6) is 2.11. The largest absolute Gasteiger partial charge is 0.481 e. The van der Waals surface area contributed by atoms with Crippen LogP contribution in [0.4, 0.5) is 0 Å². The van der Waals surface area contributed by atoms with E-state index < -0.39 is 11.9 Å². The minimum atomic E-state index is -0.792. The second-order valence-electron chi connectivity index (χ2n) is 15.5. The van der Waals surface area contributed by atoms with Gasteiger partial charge in [0.15, 0.2) is 0 Å². The van der Waals surface area contributed by atoms with Crippen LogP contribution in [0.2, 0.25) is 0 Å². The predicted octanol–water partition coefficient (Wildman–Crippen LogP) is 7.40. The number of carboxylic acid groups (broad SMARTS) is 1. The Hall–Kier alpha value is -0.710. The van der Waals surface area contributed by atoms with Crippen LogP contribution in [0.5, 0.6) is 0 Å². The number of esters is 1. The normalized spacial score (nSPS) is 56.6. The van der Waals surface area contributed by atoms with Gasteiger partial charge in [-0.3, -0.25) is 9.59 Å². The number of carboxylic acids is 1. The van der Waals surface area contributed by atoms with E-state index in [9.17, 15) is 14.7 Å². The zero-order valence-corrected chi connectivity index (χ0v) is 24.7. The van der Waals surface area contributed by atoms with Crippen LogP contribution in [0.3, 0.4) is 0 Å². The highest BCUT2D eigenvalue weighted by molar-refractivity contribution is 7.81. The Balaban J connectivity index is 1.19. The van der Waals surface area contributed by atoms with Crippen LogP contribution < -0.4 is 0 Å². The summed E-state index contributed by atoms with van der Waals surface area (Å²) in [4.78, 5) is 24.5. The third kappa shape index (κ3) is 3.67. The standard InChI is InChI=1S/C32H50O4S/c1-18-20(27(33)34)17-21(18)28(35)36-26-12-16-31(4)24-9-8-19-22-7-6-13-29(22,2)14-10-23(19)30(24,3)15-11-25(31)32(26,5)37/h18-26,37H,6-17H2,1-5H3,(H,33,34). The van der Waals surface area contributed by atoms with Crippen molar-refractivity contribution in [2.24, 2.45) is 63.6 Å². The number of rotatable bonds is 3. The minimum absolute atomic E-state index is 0.146. The minimum Gasteiger partial charge on any atom is -0.481 e. The van der Waals surface area contributed by atoms with E-state index in [1.165, 1.54) is 57.8 Å². The maximum atomic E-state index is 13.1. The van der Waals surface area contributed by atoms with Gasteiger partial charge in [0.2, 0.25) is 0 Å². The SMILES string of the molecule is CC1C(C(=O)O)CC1C(=O)OC1CCC2(C)C(CCC3(C)C4CCC5(C)CCCC5C4CCC32)C1(C)S. The molecule has 0 heterocycles. The third-order valence-electron chi connectivity index (χ3n) is 14.2. The average Bonchev–Trinajstić information content (AvgIpc) is 3.21. The fourth-order valence-corrected chi connectivity index (χ4v) is 12.6. The summed E-state index contributed by atoms with van der Waals surface area (Å²) in [6.45, 7) is 12.0. The predicted molar refractivity (Wildman–Crippen MR) is 148 cm³/mol. The third-order valence-corrected chi connectivity index (χ3v) is 14.8. The molecule has 6 fully saturated rings. The molecule has 13 atom stereocenters. The first-order valence-corrected chi connectivity index (χ1v) is 15.9. The van der Waals surface area contributed by atoms with E-state index in [-0.39, 0.29) is 34.1 Å². The first-order chi connectivity index (χ1) is 17.3. The molecule has 1 N–H and O–H groups in total. The van der Waals surface area contributed by atoms with Crippen molar-refractivity contribution in [1.82, 2.24) is 0 Å². The molecule has 0 saturated heterocycles. The van der Waals surface area contributed by atoms with E-state index in [0.717, 1.165) is 36.5 Å². The summed E-state index contributed by atoms with van der Waals surface area (Å²) in [5.41, 5.74) is 1.28. The molecule has 208 valence electrons. The van der Waals surface area contributed by atoms with E-state index in [0.29, 0.717) is 23.2 Å². The van der Waals surface area contributed by atoms with Gasteiger partial charge in [-0.05, 0) is 129 Å². The molecular formula is C32H50O4S. The van der Waals surface area contributed by atoms with Gasteiger partial charge >= 0.3 is 11.9 Å². The quantitative estimate of drug-likeness (QED) is 0.295. The Morgan fingerprint density at radius 2 is 1.54 bits per heavy atom. The number of ether oxygens (including phenoxy) is 1.